The fourth-order valence-corrected chi connectivity index (χ4v) is 5.87. The number of halogens is 1. The maximum absolute atomic E-state index is 13.4. The largest absolute Gasteiger partial charge is 0.345 e. The fourth-order valence-electron chi connectivity index (χ4n) is 5.87. The molecule has 0 bridgehead atoms. The Hall–Kier alpha value is -3.93. The molecule has 6 heteroatoms. The molecule has 1 heterocycles. The van der Waals surface area contributed by atoms with Gasteiger partial charge in [-0.25, -0.2) is 4.39 Å². The van der Waals surface area contributed by atoms with Crippen molar-refractivity contribution in [3.63, 3.8) is 0 Å². The molecule has 5 rings (SSSR count). The summed E-state index contributed by atoms with van der Waals surface area (Å²) in [6, 6.07) is 19.6. The third kappa shape index (κ3) is 5.29. The molecule has 0 aliphatic heterocycles. The van der Waals surface area contributed by atoms with Crippen molar-refractivity contribution in [1.29, 1.82) is 5.41 Å². The quantitative estimate of drug-likeness (QED) is 0.352. The number of hydrogen-bond donors (Lipinski definition) is 2. The van der Waals surface area contributed by atoms with Gasteiger partial charge in [0, 0.05) is 35.8 Å². The number of rotatable bonds is 7. The lowest BCUT2D eigenvalue weighted by Crippen LogP contribution is -2.37. The summed E-state index contributed by atoms with van der Waals surface area (Å²) < 4.78 is 13.4. The van der Waals surface area contributed by atoms with Crippen LogP contribution in [0.3, 0.4) is 0 Å². The minimum atomic E-state index is -0.287. The Morgan fingerprint density at radius 3 is 2.59 bits per heavy atom. The van der Waals surface area contributed by atoms with Crippen molar-refractivity contribution in [2.75, 3.05) is 0 Å². The highest BCUT2D eigenvalue weighted by molar-refractivity contribution is 6.08. The molecule has 3 aromatic rings. The van der Waals surface area contributed by atoms with E-state index in [1.165, 1.54) is 23.9 Å². The number of amides is 1. The summed E-state index contributed by atoms with van der Waals surface area (Å²) in [6.07, 6.45) is 10.5. The van der Waals surface area contributed by atoms with Crippen molar-refractivity contribution < 1.29 is 9.18 Å². The molecule has 4 atom stereocenters. The number of hydrogen-bond acceptors (Lipinski definition) is 4. The molecule has 0 saturated heterocycles. The average molecular weight is 495 g/mol. The average Bonchev–Trinajstić information content (AvgIpc) is 3.24. The first kappa shape index (κ1) is 24.8. The van der Waals surface area contributed by atoms with E-state index >= 15 is 0 Å². The lowest BCUT2D eigenvalue weighted by molar-refractivity contribution is 0.0922. The van der Waals surface area contributed by atoms with Crippen molar-refractivity contribution in [3.05, 3.63) is 108 Å². The normalized spacial score (nSPS) is 24.7. The summed E-state index contributed by atoms with van der Waals surface area (Å²) >= 11 is 0. The Labute approximate surface area is 217 Å². The smallest absolute Gasteiger partial charge is 0.251 e. The van der Waals surface area contributed by atoms with E-state index < -0.39 is 0 Å². The first-order valence-electron chi connectivity index (χ1n) is 12.8. The molecule has 2 aliphatic rings. The zero-order chi connectivity index (χ0) is 25.8. The van der Waals surface area contributed by atoms with Gasteiger partial charge >= 0.3 is 0 Å². The summed E-state index contributed by atoms with van der Waals surface area (Å²) in [5, 5.41) is 11.4. The number of carbonyl (C=O) groups excluding carboxylic acids is 1. The predicted octanol–water partition coefficient (Wildman–Crippen LogP) is 6.87. The number of pyridine rings is 1. The van der Waals surface area contributed by atoms with Gasteiger partial charge in [0.15, 0.2) is 0 Å². The van der Waals surface area contributed by atoms with Gasteiger partial charge in [-0.1, -0.05) is 42.8 Å². The number of nitrogens with zero attached hydrogens (tertiary/aromatic N) is 2. The fraction of sp³-hybridized carbons (Fsp3) is 0.290. The number of benzene rings is 2. The minimum absolute atomic E-state index is 0.0849. The van der Waals surface area contributed by atoms with Gasteiger partial charge in [-0.15, -0.1) is 0 Å². The molecule has 1 fully saturated rings. The number of aliphatic imine (C=N–C) groups is 1. The summed E-state index contributed by atoms with van der Waals surface area (Å²) in [5.41, 5.74) is 4.50. The Morgan fingerprint density at radius 1 is 1.16 bits per heavy atom. The van der Waals surface area contributed by atoms with Crippen LogP contribution in [-0.4, -0.2) is 22.8 Å². The maximum atomic E-state index is 13.4. The molecule has 0 radical (unpaired) electrons. The van der Waals surface area contributed by atoms with E-state index in [2.05, 4.69) is 35.4 Å². The molecule has 5 nitrogen and oxygen atoms in total. The first-order chi connectivity index (χ1) is 18.0. The highest BCUT2D eigenvalue weighted by Gasteiger charge is 2.47. The molecule has 37 heavy (non-hydrogen) atoms. The molecule has 1 saturated carbocycles. The van der Waals surface area contributed by atoms with Crippen molar-refractivity contribution in [2.45, 2.75) is 38.6 Å². The van der Waals surface area contributed by atoms with E-state index in [0.717, 1.165) is 37.0 Å². The standard InChI is InChI=1S/C31H31FN4O/c1-31-19-23(20-33)29(35-27-11-9-26(32)10-12-27)18-25(31)8-7-24(31)17-28(21-5-3-2-4-6-21)36-30(37)22-13-15-34-16-14-22/h2-6,9-16,18,20,23-24,28,33H,7-8,17,19H2,1H3,(H,36,37). The number of allylic oxidation sites excluding steroid dienone is 2. The maximum Gasteiger partial charge on any atom is 0.251 e. The third-order valence-corrected chi connectivity index (χ3v) is 8.00. The second kappa shape index (κ2) is 10.6. The van der Waals surface area contributed by atoms with Crippen LogP contribution in [0.1, 0.15) is 54.6 Å². The molecule has 2 aliphatic carbocycles. The van der Waals surface area contributed by atoms with Crippen LogP contribution >= 0.6 is 0 Å². The number of fused-ring (bicyclic) bond motifs is 1. The summed E-state index contributed by atoms with van der Waals surface area (Å²) in [5.74, 6) is -0.160. The third-order valence-electron chi connectivity index (χ3n) is 8.00. The van der Waals surface area contributed by atoms with E-state index in [1.807, 2.05) is 18.2 Å². The summed E-state index contributed by atoms with van der Waals surface area (Å²) in [6.45, 7) is 2.30. The van der Waals surface area contributed by atoms with E-state index in [1.54, 1.807) is 36.7 Å². The molecular formula is C31H31FN4O. The second-order valence-corrected chi connectivity index (χ2v) is 10.2. The van der Waals surface area contributed by atoms with Gasteiger partial charge < -0.3 is 10.7 Å². The van der Waals surface area contributed by atoms with Gasteiger partial charge in [0.2, 0.25) is 0 Å². The first-order valence-corrected chi connectivity index (χ1v) is 12.8. The number of carbonyl (C=O) groups is 1. The van der Waals surface area contributed by atoms with Crippen molar-refractivity contribution in [1.82, 2.24) is 10.3 Å². The van der Waals surface area contributed by atoms with E-state index in [4.69, 9.17) is 10.4 Å². The van der Waals surface area contributed by atoms with Crippen LogP contribution in [0.25, 0.3) is 0 Å². The predicted molar refractivity (Wildman–Crippen MR) is 145 cm³/mol. The van der Waals surface area contributed by atoms with Crippen molar-refractivity contribution >= 4 is 23.5 Å². The van der Waals surface area contributed by atoms with Crippen LogP contribution in [-0.2, 0) is 0 Å². The van der Waals surface area contributed by atoms with Crippen molar-refractivity contribution in [2.24, 2.45) is 22.2 Å². The van der Waals surface area contributed by atoms with Gasteiger partial charge in [0.25, 0.3) is 5.91 Å². The summed E-state index contributed by atoms with van der Waals surface area (Å²) in [4.78, 5) is 21.9. The van der Waals surface area contributed by atoms with Gasteiger partial charge in [-0.2, -0.15) is 0 Å². The van der Waals surface area contributed by atoms with Crippen LogP contribution in [0, 0.1) is 28.5 Å². The van der Waals surface area contributed by atoms with Crippen LogP contribution in [0.15, 0.2) is 95.8 Å². The Bertz CT molecular complexity index is 1320. The van der Waals surface area contributed by atoms with Crippen molar-refractivity contribution in [3.8, 4) is 0 Å². The topological polar surface area (TPSA) is 78.2 Å². The summed E-state index contributed by atoms with van der Waals surface area (Å²) in [7, 11) is 0. The molecule has 1 amide bonds. The van der Waals surface area contributed by atoms with Gasteiger partial charge in [0.05, 0.1) is 11.7 Å². The van der Waals surface area contributed by atoms with Gasteiger partial charge in [-0.05, 0) is 85.1 Å². The molecule has 0 spiro atoms. The zero-order valence-corrected chi connectivity index (χ0v) is 20.9. The molecular weight excluding hydrogens is 463 g/mol. The van der Waals surface area contributed by atoms with Gasteiger partial charge in [-0.3, -0.25) is 14.8 Å². The monoisotopic (exact) mass is 494 g/mol. The molecule has 2 aromatic carbocycles. The van der Waals surface area contributed by atoms with Crippen LogP contribution in [0.2, 0.25) is 0 Å². The van der Waals surface area contributed by atoms with Crippen LogP contribution in [0.4, 0.5) is 10.1 Å². The van der Waals surface area contributed by atoms with E-state index in [9.17, 15) is 9.18 Å². The van der Waals surface area contributed by atoms with E-state index in [-0.39, 0.29) is 29.1 Å². The number of nitrogens with one attached hydrogen (secondary N) is 2. The Balaban J connectivity index is 1.41. The van der Waals surface area contributed by atoms with Crippen LogP contribution in [0.5, 0.6) is 0 Å². The SMILES string of the molecule is CC12CC(C=N)C(=Nc3ccc(F)cc3)C=C1CCC2CC(NC(=O)c1ccncc1)c1ccccc1. The van der Waals surface area contributed by atoms with Gasteiger partial charge in [0.1, 0.15) is 5.82 Å². The molecule has 4 unspecified atom stereocenters. The Morgan fingerprint density at radius 2 is 1.89 bits per heavy atom. The number of aromatic nitrogens is 1. The molecule has 2 N–H and O–H groups in total. The Kier molecular flexibility index (Phi) is 7.08. The van der Waals surface area contributed by atoms with E-state index in [0.29, 0.717) is 17.2 Å². The zero-order valence-electron chi connectivity index (χ0n) is 20.9. The highest BCUT2D eigenvalue weighted by atomic mass is 19.1. The van der Waals surface area contributed by atoms with Crippen LogP contribution < -0.4 is 5.32 Å². The lowest BCUT2D eigenvalue weighted by atomic mass is 9.65. The minimum Gasteiger partial charge on any atom is -0.345 e. The molecule has 188 valence electrons. The lowest BCUT2D eigenvalue weighted by Gasteiger charge is -2.40. The second-order valence-electron chi connectivity index (χ2n) is 10.2. The molecule has 1 aromatic heterocycles. The highest BCUT2D eigenvalue weighted by Crippen LogP contribution is 2.56.